The van der Waals surface area contributed by atoms with Gasteiger partial charge in [0.2, 0.25) is 0 Å². The van der Waals surface area contributed by atoms with Crippen molar-refractivity contribution in [3.63, 3.8) is 0 Å². The molecule has 2 aromatic carbocycles. The third kappa shape index (κ3) is 3.29. The zero-order chi connectivity index (χ0) is 18.0. The number of amidine groups is 1. The van der Waals surface area contributed by atoms with Crippen LogP contribution in [0.1, 0.15) is 28.8 Å². The molecule has 3 N–H and O–H groups in total. The average molecular weight is 367 g/mol. The van der Waals surface area contributed by atoms with Crippen molar-refractivity contribution in [3.8, 4) is 0 Å². The lowest BCUT2D eigenvalue weighted by Gasteiger charge is -2.43. The number of aromatic carboxylic acids is 1. The van der Waals surface area contributed by atoms with Crippen molar-refractivity contribution >= 4 is 34.9 Å². The molecule has 2 heterocycles. The van der Waals surface area contributed by atoms with E-state index < -0.39 is 5.97 Å². The summed E-state index contributed by atoms with van der Waals surface area (Å²) in [4.78, 5) is 15.9. The molecule has 0 aliphatic carbocycles. The number of para-hydroxylation sites is 2. The van der Waals surface area contributed by atoms with E-state index in [4.69, 9.17) is 10.1 Å². The topological polar surface area (TPSA) is 73.7 Å². The Morgan fingerprint density at radius 1 is 1.08 bits per heavy atom. The summed E-state index contributed by atoms with van der Waals surface area (Å²) >= 11 is 1.99. The number of nitrogens with zero attached hydrogens (tertiary/aromatic N) is 1. The summed E-state index contributed by atoms with van der Waals surface area (Å²) in [5.74, 6) is 2.31. The lowest BCUT2D eigenvalue weighted by molar-refractivity contribution is 0.0697. The van der Waals surface area contributed by atoms with Crippen LogP contribution in [0.5, 0.6) is 0 Å². The van der Waals surface area contributed by atoms with Gasteiger partial charge in [0.1, 0.15) is 5.84 Å². The largest absolute Gasteiger partial charge is 0.478 e. The van der Waals surface area contributed by atoms with Crippen molar-refractivity contribution in [1.82, 2.24) is 0 Å². The molecule has 1 spiro atoms. The van der Waals surface area contributed by atoms with Gasteiger partial charge in [-0.1, -0.05) is 24.3 Å². The lowest BCUT2D eigenvalue weighted by Crippen LogP contribution is -2.54. The molecule has 0 amide bonds. The Morgan fingerprint density at radius 3 is 2.46 bits per heavy atom. The second kappa shape index (κ2) is 7.03. The number of carbonyl (C=O) groups is 1. The fraction of sp³-hybridized carbons (Fsp3) is 0.300. The molecule has 0 unspecified atom stereocenters. The molecule has 4 rings (SSSR count). The molecule has 0 bridgehead atoms. The second-order valence-corrected chi connectivity index (χ2v) is 7.88. The van der Waals surface area contributed by atoms with Crippen molar-refractivity contribution in [1.29, 1.82) is 0 Å². The van der Waals surface area contributed by atoms with Crippen LogP contribution < -0.4 is 10.6 Å². The number of hydrogen-bond acceptors (Lipinski definition) is 4. The summed E-state index contributed by atoms with van der Waals surface area (Å²) in [5, 5.41) is 16.3. The highest BCUT2D eigenvalue weighted by Crippen LogP contribution is 2.38. The van der Waals surface area contributed by atoms with E-state index in [9.17, 15) is 4.79 Å². The molecule has 1 saturated heterocycles. The number of nitrogens with one attached hydrogen (secondary N) is 2. The predicted molar refractivity (Wildman–Crippen MR) is 108 cm³/mol. The summed E-state index contributed by atoms with van der Waals surface area (Å²) in [7, 11) is 0. The van der Waals surface area contributed by atoms with E-state index in [0.29, 0.717) is 12.1 Å². The van der Waals surface area contributed by atoms with E-state index >= 15 is 0 Å². The predicted octanol–water partition coefficient (Wildman–Crippen LogP) is 4.09. The van der Waals surface area contributed by atoms with Gasteiger partial charge in [-0.15, -0.1) is 0 Å². The minimum absolute atomic E-state index is 0.138. The first-order chi connectivity index (χ1) is 12.7. The van der Waals surface area contributed by atoms with Gasteiger partial charge in [-0.3, -0.25) is 4.99 Å². The normalized spacial score (nSPS) is 19.5. The van der Waals surface area contributed by atoms with Gasteiger partial charge in [0.05, 0.1) is 29.0 Å². The zero-order valence-corrected chi connectivity index (χ0v) is 15.2. The minimum atomic E-state index is -0.906. The van der Waals surface area contributed by atoms with E-state index in [1.165, 1.54) is 0 Å². The molecule has 134 valence electrons. The highest BCUT2D eigenvalue weighted by molar-refractivity contribution is 7.99. The van der Waals surface area contributed by atoms with E-state index in [-0.39, 0.29) is 5.54 Å². The number of carboxylic acids is 1. The maximum Gasteiger partial charge on any atom is 0.335 e. The Hall–Kier alpha value is -2.47. The Kier molecular flexibility index (Phi) is 4.59. The molecule has 1 fully saturated rings. The lowest BCUT2D eigenvalue weighted by atomic mass is 9.87. The molecular formula is C20H21N3O2S. The SMILES string of the molecule is O=C(O)c1ccc(CN=C2Nc3ccccc3NC23CCSCC3)cc1. The van der Waals surface area contributed by atoms with Gasteiger partial charge in [0.25, 0.3) is 0 Å². The van der Waals surface area contributed by atoms with Crippen molar-refractivity contribution in [2.75, 3.05) is 22.1 Å². The van der Waals surface area contributed by atoms with Crippen LogP contribution in [0.25, 0.3) is 0 Å². The van der Waals surface area contributed by atoms with E-state index in [0.717, 1.165) is 47.1 Å². The van der Waals surface area contributed by atoms with Gasteiger partial charge in [0, 0.05) is 0 Å². The number of benzene rings is 2. The Labute approximate surface area is 156 Å². The molecular weight excluding hydrogens is 346 g/mol. The van der Waals surface area contributed by atoms with Gasteiger partial charge in [-0.2, -0.15) is 11.8 Å². The minimum Gasteiger partial charge on any atom is -0.478 e. The average Bonchev–Trinajstić information content (AvgIpc) is 2.67. The maximum absolute atomic E-state index is 11.0. The molecule has 2 aliphatic rings. The fourth-order valence-electron chi connectivity index (χ4n) is 3.46. The van der Waals surface area contributed by atoms with Crippen LogP contribution in [-0.2, 0) is 6.54 Å². The molecule has 5 nitrogen and oxygen atoms in total. The van der Waals surface area contributed by atoms with Crippen molar-refractivity contribution in [3.05, 3.63) is 59.7 Å². The Morgan fingerprint density at radius 2 is 1.77 bits per heavy atom. The van der Waals surface area contributed by atoms with Gasteiger partial charge in [0.15, 0.2) is 0 Å². The van der Waals surface area contributed by atoms with Crippen molar-refractivity contribution < 1.29 is 9.90 Å². The third-order valence-electron chi connectivity index (χ3n) is 4.97. The van der Waals surface area contributed by atoms with Crippen molar-refractivity contribution in [2.45, 2.75) is 24.9 Å². The number of thioether (sulfide) groups is 1. The first-order valence-corrected chi connectivity index (χ1v) is 9.91. The van der Waals surface area contributed by atoms with Crippen LogP contribution in [0.2, 0.25) is 0 Å². The van der Waals surface area contributed by atoms with E-state index in [1.54, 1.807) is 12.1 Å². The molecule has 2 aliphatic heterocycles. The van der Waals surface area contributed by atoms with Gasteiger partial charge in [-0.05, 0) is 54.2 Å². The molecule has 0 radical (unpaired) electrons. The third-order valence-corrected chi connectivity index (χ3v) is 5.96. The number of rotatable bonds is 3. The summed E-state index contributed by atoms with van der Waals surface area (Å²) in [6.45, 7) is 0.529. The van der Waals surface area contributed by atoms with Crippen LogP contribution >= 0.6 is 11.8 Å². The van der Waals surface area contributed by atoms with Crippen LogP contribution in [0.4, 0.5) is 11.4 Å². The Bertz CT molecular complexity index is 842. The molecule has 2 aromatic rings. The number of hydrogen-bond donors (Lipinski definition) is 3. The maximum atomic E-state index is 11.0. The van der Waals surface area contributed by atoms with Gasteiger partial charge >= 0.3 is 5.97 Å². The molecule has 0 atom stereocenters. The van der Waals surface area contributed by atoms with Gasteiger partial charge in [-0.25, -0.2) is 4.79 Å². The molecule has 6 heteroatoms. The summed E-state index contributed by atoms with van der Waals surface area (Å²) < 4.78 is 0. The molecule has 26 heavy (non-hydrogen) atoms. The standard InChI is InChI=1S/C20H21N3O2S/c24-18(25)15-7-5-14(6-8-15)13-21-19-20(9-11-26-12-10-20)23-17-4-2-1-3-16(17)22-19/h1-8,23H,9-13H2,(H,21,22)(H,24,25). The van der Waals surface area contributed by atoms with Crippen LogP contribution in [0, 0.1) is 0 Å². The van der Waals surface area contributed by atoms with Crippen molar-refractivity contribution in [2.24, 2.45) is 4.99 Å². The summed E-state index contributed by atoms with van der Waals surface area (Å²) in [5.41, 5.74) is 3.35. The van der Waals surface area contributed by atoms with Gasteiger partial charge < -0.3 is 15.7 Å². The van der Waals surface area contributed by atoms with Crippen LogP contribution in [0.15, 0.2) is 53.5 Å². The molecule has 0 aromatic heterocycles. The first kappa shape index (κ1) is 17.0. The highest BCUT2D eigenvalue weighted by Gasteiger charge is 2.40. The summed E-state index contributed by atoms with van der Waals surface area (Å²) in [6, 6.07) is 15.2. The van der Waals surface area contributed by atoms with Crippen LogP contribution in [0.3, 0.4) is 0 Å². The van der Waals surface area contributed by atoms with Crippen LogP contribution in [-0.4, -0.2) is 34.0 Å². The number of fused-ring (bicyclic) bond motifs is 1. The monoisotopic (exact) mass is 367 g/mol. The smallest absolute Gasteiger partial charge is 0.335 e. The first-order valence-electron chi connectivity index (χ1n) is 8.75. The number of aliphatic imine (C=N–C) groups is 1. The quantitative estimate of drug-likeness (QED) is 0.762. The number of carboxylic acid groups (broad SMARTS) is 1. The Balaban J connectivity index is 1.61. The fourth-order valence-corrected chi connectivity index (χ4v) is 4.65. The zero-order valence-electron chi connectivity index (χ0n) is 14.4. The van der Waals surface area contributed by atoms with E-state index in [1.807, 2.05) is 36.0 Å². The van der Waals surface area contributed by atoms with E-state index in [2.05, 4.69) is 22.8 Å². The summed E-state index contributed by atoms with van der Waals surface area (Å²) in [6.07, 6.45) is 2.07. The second-order valence-electron chi connectivity index (χ2n) is 6.66. The molecule has 0 saturated carbocycles. The number of anilines is 2. The highest BCUT2D eigenvalue weighted by atomic mass is 32.2.